The molecule has 0 spiro atoms. The van der Waals surface area contributed by atoms with Crippen molar-refractivity contribution in [1.82, 2.24) is 0 Å². The molecule has 0 aliphatic rings. The number of hydrogen-bond donors (Lipinski definition) is 0. The molecule has 0 heterocycles. The molecule has 0 bridgehead atoms. The highest BCUT2D eigenvalue weighted by atomic mass is 16.7. The van der Waals surface area contributed by atoms with Gasteiger partial charge in [0.25, 0.3) is 6.47 Å². The summed E-state index contributed by atoms with van der Waals surface area (Å²) in [5.74, 6) is -1.26. The first-order valence-corrected chi connectivity index (χ1v) is 22.1. The molecule has 1 unspecified atom stereocenters. The summed E-state index contributed by atoms with van der Waals surface area (Å²) >= 11 is 0. The van der Waals surface area contributed by atoms with E-state index in [9.17, 15) is 19.2 Å². The fraction of sp³-hybridized carbons (Fsp3) is 0.358. The van der Waals surface area contributed by atoms with Gasteiger partial charge in [0.1, 0.15) is 17.3 Å². The summed E-state index contributed by atoms with van der Waals surface area (Å²) in [6.07, 6.45) is 15.3. The summed E-state index contributed by atoms with van der Waals surface area (Å²) in [5.41, 5.74) is 1.17. The number of esters is 3. The zero-order valence-corrected chi connectivity index (χ0v) is 37.7. The van der Waals surface area contributed by atoms with Gasteiger partial charge in [0.15, 0.2) is 0 Å². The topological polar surface area (TPSA) is 142 Å². The number of allylic oxidation sites excluding steroid dienone is 3. The monoisotopic (exact) mass is 890 g/mol. The fourth-order valence-electron chi connectivity index (χ4n) is 6.50. The normalized spacial score (nSPS) is 12.3. The van der Waals surface area contributed by atoms with E-state index in [1.165, 1.54) is 0 Å². The van der Waals surface area contributed by atoms with Gasteiger partial charge < -0.3 is 37.9 Å². The number of unbranched alkanes of at least 4 members (excludes halogenated alkanes) is 6. The first-order chi connectivity index (χ1) is 31.6. The lowest BCUT2D eigenvalue weighted by Crippen LogP contribution is -2.38. The van der Waals surface area contributed by atoms with Gasteiger partial charge in [0.05, 0.1) is 57.4 Å². The third-order valence-electron chi connectivity index (χ3n) is 10.2. The van der Waals surface area contributed by atoms with Crippen molar-refractivity contribution in [2.24, 2.45) is 0 Å². The smallest absolute Gasteiger partial charge is 0.343 e. The van der Waals surface area contributed by atoms with Crippen molar-refractivity contribution in [2.45, 2.75) is 77.4 Å². The minimum atomic E-state index is -1.53. The molecular formula is C53H62O12. The van der Waals surface area contributed by atoms with Crippen molar-refractivity contribution < 1.29 is 57.1 Å². The number of carbonyl (C=O) groups is 4. The zero-order chi connectivity index (χ0) is 46.7. The Hall–Kier alpha value is -6.50. The van der Waals surface area contributed by atoms with Gasteiger partial charge in [-0.2, -0.15) is 0 Å². The first kappa shape index (κ1) is 51.1. The predicted molar refractivity (Wildman–Crippen MR) is 252 cm³/mol. The molecule has 0 aliphatic heterocycles. The molecule has 0 amide bonds. The maximum absolute atomic E-state index is 13.7. The van der Waals surface area contributed by atoms with Crippen molar-refractivity contribution in [3.63, 3.8) is 0 Å². The van der Waals surface area contributed by atoms with Gasteiger partial charge in [-0.3, -0.25) is 4.79 Å². The highest BCUT2D eigenvalue weighted by Crippen LogP contribution is 2.29. The van der Waals surface area contributed by atoms with Gasteiger partial charge in [-0.1, -0.05) is 49.6 Å². The molecule has 0 fully saturated rings. The Morgan fingerprint density at radius 3 is 1.78 bits per heavy atom. The van der Waals surface area contributed by atoms with Gasteiger partial charge in [-0.25, -0.2) is 14.4 Å². The van der Waals surface area contributed by atoms with E-state index >= 15 is 0 Å². The molecule has 65 heavy (non-hydrogen) atoms. The van der Waals surface area contributed by atoms with Crippen molar-refractivity contribution in [2.75, 3.05) is 46.2 Å². The van der Waals surface area contributed by atoms with E-state index in [1.54, 1.807) is 62.4 Å². The van der Waals surface area contributed by atoms with E-state index < -0.39 is 23.7 Å². The van der Waals surface area contributed by atoms with Crippen LogP contribution < -0.4 is 9.47 Å². The molecule has 12 heteroatoms. The van der Waals surface area contributed by atoms with E-state index in [2.05, 4.69) is 19.7 Å². The van der Waals surface area contributed by atoms with Crippen LogP contribution in [0.3, 0.4) is 0 Å². The maximum atomic E-state index is 13.7. The average Bonchev–Trinajstić information content (AvgIpc) is 3.32. The molecule has 12 nitrogen and oxygen atoms in total. The highest BCUT2D eigenvalue weighted by molar-refractivity contribution is 5.97. The molecule has 0 saturated carbocycles. The van der Waals surface area contributed by atoms with Crippen LogP contribution in [0.15, 0.2) is 134 Å². The minimum absolute atomic E-state index is 0.116. The lowest BCUT2D eigenvalue weighted by Gasteiger charge is -2.31. The Morgan fingerprint density at radius 1 is 0.662 bits per heavy atom. The van der Waals surface area contributed by atoms with Crippen LogP contribution in [0.25, 0.3) is 21.5 Å². The van der Waals surface area contributed by atoms with Crippen molar-refractivity contribution in [3.8, 4) is 11.5 Å². The van der Waals surface area contributed by atoms with Crippen LogP contribution in [-0.4, -0.2) is 76.4 Å². The standard InChI is InChI=1S/C53H62O12/c1-6-28-58-33-34-63-53(5,65-52(57)46-23-21-44-38-49(27-25-42(44)36-46)61-31-15-11-12-16-32-62-50(55)8-3)40(4)18-17-19-47(7-2)64-51(56)45-22-20-43-37-48(26-24-41(43)35-45)60-30-14-10-9-13-29-59-39-54/h6-8,17,19-27,35-39H,1,3-4,9-16,18,28-34H2,2,5H3/b19-17-,47-7+. The Bertz CT molecular complexity index is 2270. The average molecular weight is 891 g/mol. The minimum Gasteiger partial charge on any atom is -0.494 e. The lowest BCUT2D eigenvalue weighted by atomic mass is 10.0. The summed E-state index contributed by atoms with van der Waals surface area (Å²) in [7, 11) is 0. The molecule has 346 valence electrons. The number of hydrogen-bond acceptors (Lipinski definition) is 12. The van der Waals surface area contributed by atoms with E-state index in [-0.39, 0.29) is 19.6 Å². The summed E-state index contributed by atoms with van der Waals surface area (Å²) < 4.78 is 45.0. The first-order valence-electron chi connectivity index (χ1n) is 22.1. The molecule has 0 saturated heterocycles. The second kappa shape index (κ2) is 28.3. The van der Waals surface area contributed by atoms with Crippen LogP contribution in [0, 0.1) is 0 Å². The number of benzene rings is 4. The van der Waals surface area contributed by atoms with Crippen LogP contribution in [0.5, 0.6) is 11.5 Å². The number of rotatable bonds is 32. The lowest BCUT2D eigenvalue weighted by molar-refractivity contribution is -0.173. The second-order valence-corrected chi connectivity index (χ2v) is 15.1. The van der Waals surface area contributed by atoms with Crippen LogP contribution in [0.4, 0.5) is 0 Å². The number of carbonyl (C=O) groups excluding carboxylic acids is 4. The van der Waals surface area contributed by atoms with E-state index in [1.807, 2.05) is 48.5 Å². The number of ether oxygens (including phenoxy) is 8. The Labute approximate surface area is 382 Å². The summed E-state index contributed by atoms with van der Waals surface area (Å²) in [6.45, 7) is 17.8. The summed E-state index contributed by atoms with van der Waals surface area (Å²) in [5, 5.41) is 3.52. The molecular weight excluding hydrogens is 829 g/mol. The second-order valence-electron chi connectivity index (χ2n) is 15.1. The molecule has 0 radical (unpaired) electrons. The molecule has 4 rings (SSSR count). The van der Waals surface area contributed by atoms with Crippen LogP contribution in [0.2, 0.25) is 0 Å². The van der Waals surface area contributed by atoms with Gasteiger partial charge in [0, 0.05) is 13.0 Å². The van der Waals surface area contributed by atoms with Gasteiger partial charge in [0.2, 0.25) is 5.79 Å². The Kier molecular flexibility index (Phi) is 22.3. The van der Waals surface area contributed by atoms with Gasteiger partial charge in [-0.05, 0) is 153 Å². The molecule has 0 aliphatic carbocycles. The third kappa shape index (κ3) is 17.9. The van der Waals surface area contributed by atoms with Crippen molar-refractivity contribution >= 4 is 45.9 Å². The van der Waals surface area contributed by atoms with Crippen LogP contribution in [-0.2, 0) is 38.0 Å². The highest BCUT2D eigenvalue weighted by Gasteiger charge is 2.33. The van der Waals surface area contributed by atoms with E-state index in [0.29, 0.717) is 62.0 Å². The molecule has 4 aromatic rings. The largest absolute Gasteiger partial charge is 0.494 e. The molecule has 4 aromatic carbocycles. The predicted octanol–water partition coefficient (Wildman–Crippen LogP) is 11.1. The van der Waals surface area contributed by atoms with Crippen LogP contribution in [0.1, 0.15) is 92.4 Å². The van der Waals surface area contributed by atoms with Crippen molar-refractivity contribution in [3.05, 3.63) is 145 Å². The number of fused-ring (bicyclic) bond motifs is 2. The maximum Gasteiger partial charge on any atom is 0.343 e. The summed E-state index contributed by atoms with van der Waals surface area (Å²) in [6, 6.07) is 22.1. The summed E-state index contributed by atoms with van der Waals surface area (Å²) in [4.78, 5) is 48.3. The van der Waals surface area contributed by atoms with Crippen LogP contribution >= 0.6 is 0 Å². The fourth-order valence-corrected chi connectivity index (χ4v) is 6.50. The van der Waals surface area contributed by atoms with E-state index in [0.717, 1.165) is 90.5 Å². The van der Waals surface area contributed by atoms with Gasteiger partial charge >= 0.3 is 17.9 Å². The molecule has 0 aromatic heterocycles. The Balaban J connectivity index is 1.31. The van der Waals surface area contributed by atoms with E-state index in [4.69, 9.17) is 37.9 Å². The van der Waals surface area contributed by atoms with Gasteiger partial charge in [-0.15, -0.1) is 6.58 Å². The van der Waals surface area contributed by atoms with Crippen molar-refractivity contribution in [1.29, 1.82) is 0 Å². The SMILES string of the molecule is C=CCOCCOC(C)(OC(=O)c1ccc2cc(OCCCCCCOC(=O)C=C)ccc2c1)C(=C)C/C=C\C(=C/C)OC(=O)c1ccc2cc(OCCCCCCOC=O)ccc2c1. The Morgan fingerprint density at radius 2 is 1.22 bits per heavy atom. The third-order valence-corrected chi connectivity index (χ3v) is 10.2. The molecule has 0 N–H and O–H groups in total. The quantitative estimate of drug-likeness (QED) is 0.00530. The zero-order valence-electron chi connectivity index (χ0n) is 37.7. The molecule has 1 atom stereocenters.